The summed E-state index contributed by atoms with van der Waals surface area (Å²) in [7, 11) is 0. The predicted octanol–water partition coefficient (Wildman–Crippen LogP) is -1.86. The van der Waals surface area contributed by atoms with E-state index in [2.05, 4.69) is 10.1 Å². The van der Waals surface area contributed by atoms with Crippen LogP contribution in [0.5, 0.6) is 0 Å². The normalized spacial score (nSPS) is 32.4. The Balaban J connectivity index is 2.20. The highest BCUT2D eigenvalue weighted by Crippen LogP contribution is 2.40. The maximum atomic E-state index is 10.2. The Morgan fingerprint density at radius 3 is 2.86 bits per heavy atom. The molecule has 5 N–H and O–H groups in total. The molecule has 1 saturated heterocycles. The first kappa shape index (κ1) is 13.7. The summed E-state index contributed by atoms with van der Waals surface area (Å²) in [6.07, 6.45) is -2.78. The quantitative estimate of drug-likeness (QED) is 0.503. The fourth-order valence-electron chi connectivity index (χ4n) is 2.56. The van der Waals surface area contributed by atoms with E-state index in [4.69, 9.17) is 10.5 Å². The molecule has 1 aliphatic rings. The number of ether oxygens (including phenoxy) is 1. The molecule has 2 aromatic heterocycles. The lowest BCUT2D eigenvalue weighted by atomic mass is 9.92. The molecular formula is C12H13N5O4. The first-order valence-corrected chi connectivity index (χ1v) is 6.20. The highest BCUT2D eigenvalue weighted by Gasteiger charge is 2.57. The van der Waals surface area contributed by atoms with Crippen LogP contribution in [-0.2, 0) is 10.3 Å². The van der Waals surface area contributed by atoms with E-state index < -0.39 is 30.5 Å². The van der Waals surface area contributed by atoms with Crippen LogP contribution in [0.3, 0.4) is 0 Å². The number of rotatable bonds is 2. The van der Waals surface area contributed by atoms with E-state index in [1.807, 2.05) is 6.07 Å². The number of aliphatic hydroxyl groups excluding tert-OH is 3. The molecule has 1 fully saturated rings. The zero-order valence-corrected chi connectivity index (χ0v) is 10.8. The third kappa shape index (κ3) is 1.71. The van der Waals surface area contributed by atoms with Gasteiger partial charge in [0.2, 0.25) is 5.60 Å². The van der Waals surface area contributed by atoms with Gasteiger partial charge in [0.15, 0.2) is 5.82 Å². The monoisotopic (exact) mass is 291 g/mol. The summed E-state index contributed by atoms with van der Waals surface area (Å²) in [4.78, 5) is 3.83. The molecule has 9 nitrogen and oxygen atoms in total. The molecule has 3 rings (SSSR count). The molecule has 0 bridgehead atoms. The fourth-order valence-corrected chi connectivity index (χ4v) is 2.56. The lowest BCUT2D eigenvalue weighted by Gasteiger charge is -2.24. The highest BCUT2D eigenvalue weighted by molar-refractivity contribution is 5.66. The number of hydrogen-bond acceptors (Lipinski definition) is 8. The molecule has 3 heterocycles. The van der Waals surface area contributed by atoms with Gasteiger partial charge in [-0.2, -0.15) is 10.4 Å². The maximum absolute atomic E-state index is 10.2. The number of nitrogens with two attached hydrogens (primary N) is 1. The minimum absolute atomic E-state index is 0.205. The van der Waals surface area contributed by atoms with Crippen molar-refractivity contribution < 1.29 is 20.1 Å². The van der Waals surface area contributed by atoms with E-state index in [0.717, 1.165) is 0 Å². The molecule has 0 amide bonds. The summed E-state index contributed by atoms with van der Waals surface area (Å²) in [6, 6.07) is 4.97. The van der Waals surface area contributed by atoms with Crippen LogP contribution >= 0.6 is 0 Å². The van der Waals surface area contributed by atoms with Gasteiger partial charge in [0, 0.05) is 0 Å². The average molecular weight is 291 g/mol. The van der Waals surface area contributed by atoms with Crippen molar-refractivity contribution in [2.45, 2.75) is 23.9 Å². The second-order valence-electron chi connectivity index (χ2n) is 4.78. The van der Waals surface area contributed by atoms with Gasteiger partial charge >= 0.3 is 0 Å². The Kier molecular flexibility index (Phi) is 3.03. The zero-order valence-electron chi connectivity index (χ0n) is 10.8. The van der Waals surface area contributed by atoms with E-state index in [1.165, 1.54) is 16.9 Å². The van der Waals surface area contributed by atoms with Gasteiger partial charge in [0.1, 0.15) is 36.2 Å². The van der Waals surface area contributed by atoms with Gasteiger partial charge < -0.3 is 25.8 Å². The Bertz CT molecular complexity index is 726. The Morgan fingerprint density at radius 1 is 1.48 bits per heavy atom. The first-order chi connectivity index (χ1) is 10.0. The third-order valence-electron chi connectivity index (χ3n) is 3.67. The number of aliphatic hydroxyl groups is 3. The fraction of sp³-hybridized carbons (Fsp3) is 0.417. The molecule has 2 aromatic rings. The number of aromatic nitrogens is 3. The number of nitriles is 1. The van der Waals surface area contributed by atoms with Crippen LogP contribution in [0.2, 0.25) is 0 Å². The van der Waals surface area contributed by atoms with Crippen LogP contribution in [0.25, 0.3) is 5.52 Å². The van der Waals surface area contributed by atoms with Crippen LogP contribution in [0.1, 0.15) is 5.69 Å². The first-order valence-electron chi connectivity index (χ1n) is 6.20. The molecule has 0 aromatic carbocycles. The standard InChI is InChI=1S/C12H13N5O4/c13-4-12(10(20)9(19)7(3-18)21-12)8-2-1-6-11(14)15-5-16-17(6)8/h1-2,5,7,9-10,18-20H,3H2,(H2,14,15,16)/t7-,9+,10-,12+/m1/s1. The molecule has 110 valence electrons. The third-order valence-corrected chi connectivity index (χ3v) is 3.67. The van der Waals surface area contributed by atoms with Crippen molar-refractivity contribution in [3.63, 3.8) is 0 Å². The molecule has 9 heteroatoms. The van der Waals surface area contributed by atoms with Gasteiger partial charge in [-0.05, 0) is 12.1 Å². The number of anilines is 1. The molecule has 0 saturated carbocycles. The number of nitrogen functional groups attached to an aromatic ring is 1. The summed E-state index contributed by atoms with van der Waals surface area (Å²) >= 11 is 0. The SMILES string of the molecule is N#C[C@@]1(c2ccc3c(N)ncnn23)O[C@H](CO)[C@H](O)[C@H]1O. The zero-order chi connectivity index (χ0) is 15.2. The van der Waals surface area contributed by atoms with Crippen molar-refractivity contribution in [1.82, 2.24) is 14.6 Å². The van der Waals surface area contributed by atoms with Crippen LogP contribution in [0.4, 0.5) is 5.82 Å². The van der Waals surface area contributed by atoms with Crippen molar-refractivity contribution in [2.24, 2.45) is 0 Å². The van der Waals surface area contributed by atoms with Crippen LogP contribution in [0, 0.1) is 11.3 Å². The van der Waals surface area contributed by atoms with Gasteiger partial charge in [-0.3, -0.25) is 0 Å². The van der Waals surface area contributed by atoms with E-state index in [-0.39, 0.29) is 11.5 Å². The second kappa shape index (κ2) is 4.64. The van der Waals surface area contributed by atoms with Crippen molar-refractivity contribution in [2.75, 3.05) is 12.3 Å². The summed E-state index contributed by atoms with van der Waals surface area (Å²) < 4.78 is 6.75. The highest BCUT2D eigenvalue weighted by atomic mass is 16.6. The smallest absolute Gasteiger partial charge is 0.225 e. The van der Waals surface area contributed by atoms with E-state index in [0.29, 0.717) is 5.52 Å². The summed E-state index contributed by atoms with van der Waals surface area (Å²) in [6.45, 7) is -0.526. The van der Waals surface area contributed by atoms with Gasteiger partial charge in [-0.25, -0.2) is 9.50 Å². The number of hydrogen-bond donors (Lipinski definition) is 4. The molecular weight excluding hydrogens is 278 g/mol. The predicted molar refractivity (Wildman–Crippen MR) is 68.7 cm³/mol. The largest absolute Gasteiger partial charge is 0.394 e. The number of fused-ring (bicyclic) bond motifs is 1. The van der Waals surface area contributed by atoms with Crippen molar-refractivity contribution in [3.8, 4) is 6.07 Å². The van der Waals surface area contributed by atoms with Gasteiger partial charge in [0.25, 0.3) is 0 Å². The number of nitrogens with zero attached hydrogens (tertiary/aromatic N) is 4. The minimum atomic E-state index is -1.85. The summed E-state index contributed by atoms with van der Waals surface area (Å²) in [5.74, 6) is 0.205. The van der Waals surface area contributed by atoms with Crippen LogP contribution in [0.15, 0.2) is 18.5 Å². The lowest BCUT2D eigenvalue weighted by molar-refractivity contribution is -0.0643. The maximum Gasteiger partial charge on any atom is 0.225 e. The van der Waals surface area contributed by atoms with Crippen molar-refractivity contribution in [3.05, 3.63) is 24.2 Å². The summed E-state index contributed by atoms with van der Waals surface area (Å²) in [5, 5.41) is 42.8. The minimum Gasteiger partial charge on any atom is -0.394 e. The van der Waals surface area contributed by atoms with Crippen molar-refractivity contribution in [1.29, 1.82) is 5.26 Å². The molecule has 0 aliphatic carbocycles. The Hall–Kier alpha value is -2.25. The van der Waals surface area contributed by atoms with Gasteiger partial charge in [0.05, 0.1) is 12.3 Å². The van der Waals surface area contributed by atoms with Crippen LogP contribution < -0.4 is 5.73 Å². The molecule has 1 aliphatic heterocycles. The second-order valence-corrected chi connectivity index (χ2v) is 4.78. The topological polar surface area (TPSA) is 150 Å². The van der Waals surface area contributed by atoms with E-state index in [1.54, 1.807) is 6.07 Å². The molecule has 0 unspecified atom stereocenters. The Labute approximate surface area is 118 Å². The molecule has 4 atom stereocenters. The van der Waals surface area contributed by atoms with Gasteiger partial charge in [-0.15, -0.1) is 0 Å². The lowest BCUT2D eigenvalue weighted by Crippen LogP contribution is -2.40. The van der Waals surface area contributed by atoms with Crippen LogP contribution in [-0.4, -0.2) is 54.8 Å². The van der Waals surface area contributed by atoms with E-state index >= 15 is 0 Å². The average Bonchev–Trinajstić information content (AvgIpc) is 3.03. The molecule has 0 spiro atoms. The van der Waals surface area contributed by atoms with Crippen molar-refractivity contribution >= 4 is 11.3 Å². The molecule has 0 radical (unpaired) electrons. The van der Waals surface area contributed by atoms with Gasteiger partial charge in [-0.1, -0.05) is 0 Å². The Morgan fingerprint density at radius 2 is 2.24 bits per heavy atom. The summed E-state index contributed by atoms with van der Waals surface area (Å²) in [5.41, 5.74) is 4.52. The van der Waals surface area contributed by atoms with E-state index in [9.17, 15) is 20.6 Å². The molecule has 21 heavy (non-hydrogen) atoms.